The van der Waals surface area contributed by atoms with E-state index in [-0.39, 0.29) is 70.1 Å². The standard InChI is InChI=1S/C95H131N23O25S3/c1-6-49(4)79(95(142)143)118-84(131)61(29-31-74(99)120)106-92(139)70(43-78(125)126)115-94(141)72(47-145)117-87(134)65(37-51-21-11-8-12-22-51)111-89(136)67(39-53-45-103-58-26-16-14-24-55(53)58)112-82(129)60(28-30-73(98)119)105-90(137)68(41-75(100)121)113-81(128)59(27-17-18-33-96)104-86(133)64(36-50-19-9-7-10-20-50)110-85(132)63(35-48(2)3)109-91(138)69(42-76(101)122)114-93(140)71(46-144)116-83(130)62(32-34-146-5)107-88(135)66(108-80(127)56(97)40-77(123)124)38-52-44-102-57-25-15-13-23-54(52)57/h7-16,19-26,44-45,48-49,56,59-72,79,102-103,144-145H,6,17-18,27-43,46-47,96-97H2,1-5H3,(H2,98,119)(H2,99,120)(H2,100,121)(H2,101,122)(H,104,133)(H,105,137)(H,106,139)(H,107,135)(H,108,127)(H,109,138)(H,110,132)(H,111,136)(H,112,129)(H,113,128)(H,114,140)(H,115,141)(H,116,130)(H,117,134)(H,118,131)(H,123,124)(H,125,126)(H,142,143)/t49-,56-,59-,60-,61-,62-,63-,64-,65-,66-,67-,68-,69-,70-,71-,72-,79-/m0/s1. The topological polar surface area (TPSA) is 804 Å². The number of aromatic amines is 2. The van der Waals surface area contributed by atoms with Crippen LogP contribution in [0.15, 0.2) is 122 Å². The highest BCUT2D eigenvalue weighted by molar-refractivity contribution is 7.98. The molecule has 6 rings (SSSR count). The average Bonchev–Trinajstić information content (AvgIpc) is 1.67. The number of aliphatic carboxylic acids is 3. The minimum Gasteiger partial charge on any atom is -0.481 e. The van der Waals surface area contributed by atoms with Crippen molar-refractivity contribution in [1.29, 1.82) is 0 Å². The van der Waals surface area contributed by atoms with Gasteiger partial charge in [-0.15, -0.1) is 0 Å². The summed E-state index contributed by atoms with van der Waals surface area (Å²) in [5.41, 5.74) is 37.1. The van der Waals surface area contributed by atoms with Gasteiger partial charge < -0.3 is 139 Å². The molecule has 4 aromatic carbocycles. The molecule has 794 valence electrons. The molecular weight excluding hydrogens is 1960 g/mol. The number of carboxylic acids is 3. The Bertz CT molecular complexity index is 5580. The molecule has 0 bridgehead atoms. The number of aromatic nitrogens is 2. The number of unbranched alkanes of at least 4 members (excludes halogenated alkanes) is 1. The van der Waals surface area contributed by atoms with E-state index >= 15 is 14.4 Å². The number of thiol groups is 2. The number of amides is 19. The second kappa shape index (κ2) is 60.8. The first-order chi connectivity index (χ1) is 69.3. The summed E-state index contributed by atoms with van der Waals surface area (Å²) in [6, 6.07) is 2.36. The Labute approximate surface area is 854 Å². The molecule has 0 unspecified atom stereocenters. The lowest BCUT2D eigenvalue weighted by molar-refractivity contribution is -0.144. The molecule has 48 nitrogen and oxygen atoms in total. The van der Waals surface area contributed by atoms with Gasteiger partial charge in [0.15, 0.2) is 0 Å². The fourth-order valence-electron chi connectivity index (χ4n) is 15.3. The van der Waals surface area contributed by atoms with Gasteiger partial charge in [-0.1, -0.05) is 131 Å². The molecule has 0 fully saturated rings. The van der Waals surface area contributed by atoms with Crippen molar-refractivity contribution in [3.05, 3.63) is 144 Å². The Kier molecular flexibility index (Phi) is 49.9. The fraction of sp³-hybridized carbons (Fsp3) is 0.474. The summed E-state index contributed by atoms with van der Waals surface area (Å²) in [7, 11) is 0. The van der Waals surface area contributed by atoms with Gasteiger partial charge in [-0.05, 0) is 110 Å². The van der Waals surface area contributed by atoms with Crippen molar-refractivity contribution in [2.45, 2.75) is 240 Å². The summed E-state index contributed by atoms with van der Waals surface area (Å²) in [4.78, 5) is 311. The van der Waals surface area contributed by atoms with Crippen LogP contribution in [-0.4, -0.2) is 282 Å². The smallest absolute Gasteiger partial charge is 0.326 e. The molecule has 0 saturated carbocycles. The van der Waals surface area contributed by atoms with E-state index in [1.165, 1.54) is 24.9 Å². The van der Waals surface area contributed by atoms with E-state index in [1.54, 1.807) is 142 Å². The quantitative estimate of drug-likeness (QED) is 0.0127. The lowest BCUT2D eigenvalue weighted by Gasteiger charge is -2.29. The van der Waals surface area contributed by atoms with Gasteiger partial charge in [0.2, 0.25) is 112 Å². The number of nitrogens with two attached hydrogens (primary N) is 6. The highest BCUT2D eigenvalue weighted by Gasteiger charge is 2.41. The maximum absolute atomic E-state index is 15.3. The van der Waals surface area contributed by atoms with Crippen LogP contribution in [0.4, 0.5) is 0 Å². The van der Waals surface area contributed by atoms with Gasteiger partial charge in [-0.3, -0.25) is 101 Å². The number of hydrogen-bond donors (Lipinski definition) is 28. The number of benzene rings is 4. The van der Waals surface area contributed by atoms with Crippen LogP contribution < -0.4 is 114 Å². The molecule has 0 saturated heterocycles. The van der Waals surface area contributed by atoms with E-state index in [0.717, 1.165) is 0 Å². The van der Waals surface area contributed by atoms with Crippen LogP contribution in [0.3, 0.4) is 0 Å². The van der Waals surface area contributed by atoms with Crippen LogP contribution in [0.25, 0.3) is 21.8 Å². The van der Waals surface area contributed by atoms with Crippen molar-refractivity contribution < 1.29 is 121 Å². The average molecular weight is 2090 g/mol. The van der Waals surface area contributed by atoms with E-state index in [1.807, 2.05) is 0 Å². The highest BCUT2D eigenvalue weighted by atomic mass is 32.2. The minimum atomic E-state index is -2.04. The molecule has 0 radical (unpaired) electrons. The Morgan fingerprint density at radius 2 is 0.658 bits per heavy atom. The number of hydrogen-bond acceptors (Lipinski definition) is 27. The predicted molar refractivity (Wildman–Crippen MR) is 540 cm³/mol. The Balaban J connectivity index is 1.25. The normalized spacial score (nSPS) is 14.7. The van der Waals surface area contributed by atoms with Crippen LogP contribution in [-0.2, 0) is 131 Å². The first-order valence-electron chi connectivity index (χ1n) is 47.0. The third-order valence-corrected chi connectivity index (χ3v) is 24.7. The van der Waals surface area contributed by atoms with Gasteiger partial charge in [0.05, 0.1) is 31.7 Å². The molecule has 2 heterocycles. The van der Waals surface area contributed by atoms with E-state index in [0.29, 0.717) is 44.1 Å². The third-order valence-electron chi connectivity index (χ3n) is 23.3. The third kappa shape index (κ3) is 40.1. The van der Waals surface area contributed by atoms with Gasteiger partial charge in [0.1, 0.15) is 90.6 Å². The zero-order chi connectivity index (χ0) is 108. The summed E-state index contributed by atoms with van der Waals surface area (Å²) in [6.45, 7) is 6.56. The largest absolute Gasteiger partial charge is 0.481 e. The van der Waals surface area contributed by atoms with Crippen LogP contribution in [0.2, 0.25) is 0 Å². The molecule has 19 amide bonds. The SMILES string of the molecule is CC[C@H](C)[C@H](NC(=O)[C@H](CCC(N)=O)NC(=O)[C@H](CC(=O)O)NC(=O)[C@H](CS)NC(=O)[C@H](Cc1ccccc1)NC(=O)[C@H](Cc1c[nH]c2ccccc12)NC(=O)[C@H](CCC(N)=O)NC(=O)[C@H](CC(N)=O)NC(=O)[C@H](CCCCN)NC(=O)[C@H](Cc1ccccc1)NC(=O)[C@H](CC(C)C)NC(=O)[C@H](CC(N)=O)NC(=O)[C@H](CS)NC(=O)[C@H](CCSC)NC(=O)[C@H](Cc1c[nH]c2ccccc12)NC(=O)[C@@H](N)CC(=O)O)C(=O)O. The summed E-state index contributed by atoms with van der Waals surface area (Å²) in [6.07, 6.45) is -2.62. The van der Waals surface area contributed by atoms with E-state index in [2.05, 4.69) is 115 Å². The molecule has 51 heteroatoms. The Morgan fingerprint density at radius 1 is 0.349 bits per heavy atom. The monoisotopic (exact) mass is 2090 g/mol. The molecule has 0 aliphatic heterocycles. The molecular formula is C95H131N23O25S3. The van der Waals surface area contributed by atoms with E-state index in [4.69, 9.17) is 34.4 Å². The van der Waals surface area contributed by atoms with Gasteiger partial charge >= 0.3 is 17.9 Å². The summed E-state index contributed by atoms with van der Waals surface area (Å²) < 4.78 is 0. The van der Waals surface area contributed by atoms with Crippen molar-refractivity contribution in [2.24, 2.45) is 46.2 Å². The first kappa shape index (κ1) is 120. The first-order valence-corrected chi connectivity index (χ1v) is 49.6. The molecule has 6 aromatic rings. The number of carbonyl (C=O) groups is 22. The lowest BCUT2D eigenvalue weighted by atomic mass is 9.98. The van der Waals surface area contributed by atoms with Crippen molar-refractivity contribution in [3.8, 4) is 0 Å². The van der Waals surface area contributed by atoms with E-state index < -0.39 is 308 Å². The van der Waals surface area contributed by atoms with Crippen LogP contribution >= 0.6 is 37.0 Å². The second-order valence-corrected chi connectivity index (χ2v) is 37.0. The highest BCUT2D eigenvalue weighted by Crippen LogP contribution is 2.24. The minimum absolute atomic E-state index is 0.0547. The van der Waals surface area contributed by atoms with Crippen LogP contribution in [0.5, 0.6) is 0 Å². The van der Waals surface area contributed by atoms with Gasteiger partial charge in [0, 0.05) is 84.2 Å². The number of fused-ring (bicyclic) bond motifs is 2. The Morgan fingerprint density at radius 3 is 1.01 bits per heavy atom. The molecule has 0 spiro atoms. The van der Waals surface area contributed by atoms with Crippen molar-refractivity contribution in [3.63, 3.8) is 0 Å². The number of carbonyl (C=O) groups excluding carboxylic acids is 19. The number of H-pyrrole nitrogens is 2. The summed E-state index contributed by atoms with van der Waals surface area (Å²) in [5.74, 6) is -27.6. The van der Waals surface area contributed by atoms with Gasteiger partial charge in [-0.25, -0.2) is 4.79 Å². The van der Waals surface area contributed by atoms with Crippen LogP contribution in [0, 0.1) is 11.8 Å². The number of primary amides is 4. The Hall–Kier alpha value is -14.7. The van der Waals surface area contributed by atoms with Crippen LogP contribution in [0.1, 0.15) is 140 Å². The zero-order valence-electron chi connectivity index (χ0n) is 81.1. The summed E-state index contributed by atoms with van der Waals surface area (Å²) in [5, 5.41) is 67.5. The maximum Gasteiger partial charge on any atom is 0.326 e. The molecule has 146 heavy (non-hydrogen) atoms. The molecule has 32 N–H and O–H groups in total. The number of rotatable bonds is 66. The second-order valence-electron chi connectivity index (χ2n) is 35.3. The predicted octanol–water partition coefficient (Wildman–Crippen LogP) is -4.33. The maximum atomic E-state index is 15.3. The molecule has 17 atom stereocenters. The van der Waals surface area contributed by atoms with E-state index in [9.17, 15) is 106 Å². The van der Waals surface area contributed by atoms with Gasteiger partial charge in [-0.2, -0.15) is 37.0 Å². The zero-order valence-corrected chi connectivity index (χ0v) is 83.7. The molecule has 0 aliphatic rings. The summed E-state index contributed by atoms with van der Waals surface area (Å²) >= 11 is 9.84. The fourth-order valence-corrected chi connectivity index (χ4v) is 16.3. The molecule has 0 aliphatic carbocycles. The van der Waals surface area contributed by atoms with Crippen molar-refractivity contribution in [2.75, 3.05) is 30.1 Å². The van der Waals surface area contributed by atoms with Crippen molar-refractivity contribution >= 4 is 189 Å². The molecule has 2 aromatic heterocycles. The number of para-hydroxylation sites is 2. The van der Waals surface area contributed by atoms with Crippen molar-refractivity contribution in [1.82, 2.24) is 89.7 Å². The lowest BCUT2D eigenvalue weighted by Crippen LogP contribution is -2.62. The number of thioether (sulfide) groups is 1. The number of carboxylic acid groups (broad SMARTS) is 3. The van der Waals surface area contributed by atoms with Gasteiger partial charge in [0.25, 0.3) is 0 Å². The number of nitrogens with one attached hydrogen (secondary N) is 17.